The van der Waals surface area contributed by atoms with E-state index in [0.29, 0.717) is 5.75 Å². The second-order valence-electron chi connectivity index (χ2n) is 5.27. The number of thioether (sulfide) groups is 1. The van der Waals surface area contributed by atoms with Gasteiger partial charge in [0.05, 0.1) is 5.69 Å². The number of hydrogen-bond donors (Lipinski definition) is 1. The highest BCUT2D eigenvalue weighted by atomic mass is 32.2. The van der Waals surface area contributed by atoms with Crippen LogP contribution in [-0.2, 0) is 4.79 Å². The third-order valence-corrected chi connectivity index (χ3v) is 4.51. The van der Waals surface area contributed by atoms with E-state index in [0.717, 1.165) is 27.1 Å². The van der Waals surface area contributed by atoms with Gasteiger partial charge in [-0.25, -0.2) is 0 Å². The fourth-order valence-corrected chi connectivity index (χ4v) is 3.20. The summed E-state index contributed by atoms with van der Waals surface area (Å²) in [6.45, 7) is 2.08. The Morgan fingerprint density at radius 3 is 2.58 bits per heavy atom. The first-order valence-electron chi connectivity index (χ1n) is 7.89. The standard InChI is InChI=1S/C20H19NO2S/c1-2-24-19-10-6-5-9-18(19)21-20(22)14-23-17-12-11-15-7-3-4-8-16(15)13-17/h3-13H,2,14H2,1H3,(H,21,22). The number of amides is 1. The summed E-state index contributed by atoms with van der Waals surface area (Å²) in [7, 11) is 0. The van der Waals surface area contributed by atoms with Crippen molar-refractivity contribution in [3.63, 3.8) is 0 Å². The molecule has 4 heteroatoms. The Kier molecular flexibility index (Phi) is 5.39. The van der Waals surface area contributed by atoms with Gasteiger partial charge in [-0.1, -0.05) is 49.4 Å². The Hall–Kier alpha value is -2.46. The van der Waals surface area contributed by atoms with E-state index in [1.54, 1.807) is 11.8 Å². The molecule has 0 aliphatic rings. The quantitative estimate of drug-likeness (QED) is 0.645. The lowest BCUT2D eigenvalue weighted by Crippen LogP contribution is -2.20. The Morgan fingerprint density at radius 2 is 1.75 bits per heavy atom. The maximum atomic E-state index is 12.2. The minimum absolute atomic E-state index is 0.0105. The van der Waals surface area contributed by atoms with E-state index in [4.69, 9.17) is 4.74 Å². The van der Waals surface area contributed by atoms with Gasteiger partial charge in [-0.3, -0.25) is 4.79 Å². The number of para-hydroxylation sites is 1. The molecule has 0 fully saturated rings. The van der Waals surface area contributed by atoms with Crippen molar-refractivity contribution >= 4 is 34.1 Å². The highest BCUT2D eigenvalue weighted by molar-refractivity contribution is 7.99. The first kappa shape index (κ1) is 16.4. The molecule has 3 nitrogen and oxygen atoms in total. The number of rotatable bonds is 6. The lowest BCUT2D eigenvalue weighted by atomic mass is 10.1. The highest BCUT2D eigenvalue weighted by Gasteiger charge is 2.07. The summed E-state index contributed by atoms with van der Waals surface area (Å²) in [5.74, 6) is 1.49. The van der Waals surface area contributed by atoms with Gasteiger partial charge in [0.1, 0.15) is 5.75 Å². The van der Waals surface area contributed by atoms with Crippen LogP contribution in [0.25, 0.3) is 10.8 Å². The van der Waals surface area contributed by atoms with E-state index in [2.05, 4.69) is 12.2 Å². The van der Waals surface area contributed by atoms with Crippen LogP contribution in [0.1, 0.15) is 6.92 Å². The van der Waals surface area contributed by atoms with Gasteiger partial charge in [-0.15, -0.1) is 11.8 Å². The van der Waals surface area contributed by atoms with Crippen LogP contribution in [0.5, 0.6) is 5.75 Å². The van der Waals surface area contributed by atoms with Gasteiger partial charge < -0.3 is 10.1 Å². The summed E-state index contributed by atoms with van der Waals surface area (Å²) in [4.78, 5) is 13.2. The summed E-state index contributed by atoms with van der Waals surface area (Å²) in [6.07, 6.45) is 0. The molecule has 0 radical (unpaired) electrons. The van der Waals surface area contributed by atoms with E-state index in [-0.39, 0.29) is 12.5 Å². The lowest BCUT2D eigenvalue weighted by molar-refractivity contribution is -0.118. The van der Waals surface area contributed by atoms with Crippen LogP contribution in [-0.4, -0.2) is 18.3 Å². The largest absolute Gasteiger partial charge is 0.484 e. The molecule has 0 heterocycles. The maximum Gasteiger partial charge on any atom is 0.262 e. The number of carbonyl (C=O) groups excluding carboxylic acids is 1. The van der Waals surface area contributed by atoms with E-state index >= 15 is 0 Å². The summed E-state index contributed by atoms with van der Waals surface area (Å²) in [5.41, 5.74) is 0.830. The van der Waals surface area contributed by atoms with Gasteiger partial charge in [0.2, 0.25) is 0 Å². The average molecular weight is 337 g/mol. The topological polar surface area (TPSA) is 38.3 Å². The number of anilines is 1. The normalized spacial score (nSPS) is 10.5. The SMILES string of the molecule is CCSc1ccccc1NC(=O)COc1ccc2ccccc2c1. The molecule has 0 bridgehead atoms. The lowest BCUT2D eigenvalue weighted by Gasteiger charge is -2.11. The monoisotopic (exact) mass is 337 g/mol. The van der Waals surface area contributed by atoms with Gasteiger partial charge in [0, 0.05) is 4.90 Å². The highest BCUT2D eigenvalue weighted by Crippen LogP contribution is 2.26. The van der Waals surface area contributed by atoms with Crippen molar-refractivity contribution < 1.29 is 9.53 Å². The molecule has 0 aliphatic heterocycles. The second-order valence-corrected chi connectivity index (χ2v) is 6.58. The Labute approximate surface area is 146 Å². The number of nitrogens with one attached hydrogen (secondary N) is 1. The molecule has 122 valence electrons. The molecular formula is C20H19NO2S. The number of benzene rings is 3. The molecule has 0 aromatic heterocycles. The van der Waals surface area contributed by atoms with Crippen molar-refractivity contribution in [1.82, 2.24) is 0 Å². The molecule has 0 spiro atoms. The average Bonchev–Trinajstić information content (AvgIpc) is 2.62. The molecule has 0 atom stereocenters. The first-order valence-corrected chi connectivity index (χ1v) is 8.88. The van der Waals surface area contributed by atoms with Crippen LogP contribution < -0.4 is 10.1 Å². The van der Waals surface area contributed by atoms with E-state index in [1.807, 2.05) is 66.7 Å². The van der Waals surface area contributed by atoms with Crippen LogP contribution in [0.15, 0.2) is 71.6 Å². The summed E-state index contributed by atoms with van der Waals surface area (Å²) < 4.78 is 5.63. The zero-order valence-corrected chi connectivity index (χ0v) is 14.3. The van der Waals surface area contributed by atoms with Gasteiger partial charge in [-0.2, -0.15) is 0 Å². The molecule has 24 heavy (non-hydrogen) atoms. The van der Waals surface area contributed by atoms with Crippen molar-refractivity contribution in [3.05, 3.63) is 66.7 Å². The van der Waals surface area contributed by atoms with E-state index < -0.39 is 0 Å². The summed E-state index contributed by atoms with van der Waals surface area (Å²) >= 11 is 1.70. The van der Waals surface area contributed by atoms with Crippen molar-refractivity contribution in [1.29, 1.82) is 0 Å². The molecule has 3 rings (SSSR count). The molecule has 1 amide bonds. The van der Waals surface area contributed by atoms with Crippen molar-refractivity contribution in [2.45, 2.75) is 11.8 Å². The Bertz CT molecular complexity index is 848. The maximum absolute atomic E-state index is 12.2. The molecule has 0 unspecified atom stereocenters. The zero-order chi connectivity index (χ0) is 16.8. The number of fused-ring (bicyclic) bond motifs is 1. The molecular weight excluding hydrogens is 318 g/mol. The molecule has 0 saturated heterocycles. The molecule has 3 aromatic rings. The smallest absolute Gasteiger partial charge is 0.262 e. The van der Waals surface area contributed by atoms with Crippen molar-refractivity contribution in [2.24, 2.45) is 0 Å². The minimum Gasteiger partial charge on any atom is -0.484 e. The van der Waals surface area contributed by atoms with E-state index in [9.17, 15) is 4.79 Å². The second kappa shape index (κ2) is 7.88. The fourth-order valence-electron chi connectivity index (χ4n) is 2.44. The Morgan fingerprint density at radius 1 is 1.00 bits per heavy atom. The van der Waals surface area contributed by atoms with Gasteiger partial charge in [-0.05, 0) is 40.8 Å². The van der Waals surface area contributed by atoms with Crippen LogP contribution in [0.2, 0.25) is 0 Å². The third kappa shape index (κ3) is 4.09. The Balaban J connectivity index is 1.62. The number of hydrogen-bond acceptors (Lipinski definition) is 3. The first-order chi connectivity index (χ1) is 11.8. The minimum atomic E-state index is -0.160. The molecule has 0 aliphatic carbocycles. The predicted molar refractivity (Wildman–Crippen MR) is 101 cm³/mol. The molecule has 3 aromatic carbocycles. The van der Waals surface area contributed by atoms with Crippen LogP contribution in [0.3, 0.4) is 0 Å². The van der Waals surface area contributed by atoms with Crippen LogP contribution >= 0.6 is 11.8 Å². The van der Waals surface area contributed by atoms with Crippen molar-refractivity contribution in [2.75, 3.05) is 17.7 Å². The number of ether oxygens (including phenoxy) is 1. The van der Waals surface area contributed by atoms with Gasteiger partial charge in [0.25, 0.3) is 5.91 Å². The van der Waals surface area contributed by atoms with Crippen LogP contribution in [0.4, 0.5) is 5.69 Å². The van der Waals surface area contributed by atoms with Gasteiger partial charge in [0.15, 0.2) is 6.61 Å². The van der Waals surface area contributed by atoms with Crippen molar-refractivity contribution in [3.8, 4) is 5.75 Å². The fraction of sp³-hybridized carbons (Fsp3) is 0.150. The van der Waals surface area contributed by atoms with Crippen LogP contribution in [0, 0.1) is 0 Å². The molecule has 0 saturated carbocycles. The van der Waals surface area contributed by atoms with Gasteiger partial charge >= 0.3 is 0 Å². The third-order valence-electron chi connectivity index (χ3n) is 3.55. The summed E-state index contributed by atoms with van der Waals surface area (Å²) in [6, 6.07) is 21.7. The number of carbonyl (C=O) groups is 1. The zero-order valence-electron chi connectivity index (χ0n) is 13.5. The summed E-state index contributed by atoms with van der Waals surface area (Å²) in [5, 5.41) is 5.17. The van der Waals surface area contributed by atoms with E-state index in [1.165, 1.54) is 0 Å². The predicted octanol–water partition coefficient (Wildman–Crippen LogP) is 4.97. The molecule has 1 N–H and O–H groups in total.